The van der Waals surface area contributed by atoms with Crippen LogP contribution >= 0.6 is 0 Å². The maximum Gasteiger partial charge on any atom is 0.261 e. The predicted octanol–water partition coefficient (Wildman–Crippen LogP) is 2.14. The van der Waals surface area contributed by atoms with Crippen LogP contribution in [0, 0.1) is 0 Å². The summed E-state index contributed by atoms with van der Waals surface area (Å²) >= 11 is 0. The fourth-order valence-electron chi connectivity index (χ4n) is 1.69. The Kier molecular flexibility index (Phi) is 3.85. The minimum atomic E-state index is -3.58. The van der Waals surface area contributed by atoms with Crippen LogP contribution in [0.4, 0.5) is 17.1 Å². The summed E-state index contributed by atoms with van der Waals surface area (Å²) in [5.41, 5.74) is 7.60. The number of nitrogen functional groups attached to an aromatic ring is 1. The van der Waals surface area contributed by atoms with Gasteiger partial charge in [-0.05, 0) is 48.5 Å². The van der Waals surface area contributed by atoms with Crippen molar-refractivity contribution < 1.29 is 8.42 Å². The van der Waals surface area contributed by atoms with Gasteiger partial charge in [-0.3, -0.25) is 4.72 Å². The molecule has 106 valence electrons. The Bertz CT molecular complexity index is 677. The quantitative estimate of drug-likeness (QED) is 0.846. The molecular weight excluding hydrogens is 274 g/mol. The van der Waals surface area contributed by atoms with Gasteiger partial charge in [-0.15, -0.1) is 0 Å². The summed E-state index contributed by atoms with van der Waals surface area (Å²) in [6.45, 7) is 0. The van der Waals surface area contributed by atoms with Gasteiger partial charge in [0.05, 0.1) is 4.90 Å². The lowest BCUT2D eigenvalue weighted by Crippen LogP contribution is -2.13. The Morgan fingerprint density at radius 3 is 2.00 bits per heavy atom. The fourth-order valence-corrected chi connectivity index (χ4v) is 2.75. The molecule has 0 aliphatic heterocycles. The van der Waals surface area contributed by atoms with E-state index in [1.807, 2.05) is 31.1 Å². The van der Waals surface area contributed by atoms with Gasteiger partial charge in [0, 0.05) is 31.2 Å². The van der Waals surface area contributed by atoms with E-state index in [0.717, 1.165) is 5.69 Å². The van der Waals surface area contributed by atoms with Crippen LogP contribution in [0.1, 0.15) is 0 Å². The molecule has 2 rings (SSSR count). The van der Waals surface area contributed by atoms with E-state index in [9.17, 15) is 8.42 Å². The lowest BCUT2D eigenvalue weighted by atomic mass is 10.3. The smallest absolute Gasteiger partial charge is 0.261 e. The third-order valence-corrected chi connectivity index (χ3v) is 4.22. The summed E-state index contributed by atoms with van der Waals surface area (Å²) in [5.74, 6) is 0. The minimum absolute atomic E-state index is 0.184. The van der Waals surface area contributed by atoms with Gasteiger partial charge in [0.2, 0.25) is 0 Å². The monoisotopic (exact) mass is 291 g/mol. The van der Waals surface area contributed by atoms with Gasteiger partial charge in [-0.2, -0.15) is 0 Å². The van der Waals surface area contributed by atoms with Gasteiger partial charge >= 0.3 is 0 Å². The van der Waals surface area contributed by atoms with Crippen LogP contribution in [0.2, 0.25) is 0 Å². The molecule has 0 spiro atoms. The van der Waals surface area contributed by atoms with Gasteiger partial charge in [0.15, 0.2) is 0 Å². The largest absolute Gasteiger partial charge is 0.399 e. The third kappa shape index (κ3) is 3.21. The first-order valence-corrected chi connectivity index (χ1v) is 7.52. The molecule has 0 atom stereocenters. The SMILES string of the molecule is CN(C)c1ccc(NS(=O)(=O)c2ccc(N)cc2)cc1. The van der Waals surface area contributed by atoms with Crippen LogP contribution in [0.25, 0.3) is 0 Å². The second-order valence-corrected chi connectivity index (χ2v) is 6.30. The molecule has 0 amide bonds. The summed E-state index contributed by atoms with van der Waals surface area (Å²) < 4.78 is 26.9. The topological polar surface area (TPSA) is 75.4 Å². The molecule has 0 aliphatic carbocycles. The van der Waals surface area contributed by atoms with Crippen molar-refractivity contribution in [3.05, 3.63) is 48.5 Å². The zero-order valence-electron chi connectivity index (χ0n) is 11.4. The number of nitrogens with two attached hydrogens (primary N) is 1. The molecule has 0 saturated carbocycles. The van der Waals surface area contributed by atoms with Crippen molar-refractivity contribution in [1.82, 2.24) is 0 Å². The van der Waals surface area contributed by atoms with E-state index in [1.54, 1.807) is 24.3 Å². The molecule has 0 radical (unpaired) electrons. The van der Waals surface area contributed by atoms with Gasteiger partial charge in [0.1, 0.15) is 0 Å². The van der Waals surface area contributed by atoms with Crippen molar-refractivity contribution in [2.75, 3.05) is 29.5 Å². The van der Waals surface area contributed by atoms with Gasteiger partial charge in [-0.1, -0.05) is 0 Å². The number of nitrogens with zero attached hydrogens (tertiary/aromatic N) is 1. The van der Waals surface area contributed by atoms with E-state index in [4.69, 9.17) is 5.73 Å². The van der Waals surface area contributed by atoms with E-state index >= 15 is 0 Å². The Hall–Kier alpha value is -2.21. The normalized spacial score (nSPS) is 11.1. The number of hydrogen-bond donors (Lipinski definition) is 2. The first-order chi connectivity index (χ1) is 9.38. The Balaban J connectivity index is 2.22. The first kappa shape index (κ1) is 14.2. The molecule has 0 heterocycles. The Morgan fingerprint density at radius 2 is 1.50 bits per heavy atom. The molecule has 2 aromatic carbocycles. The van der Waals surface area contributed by atoms with E-state index in [0.29, 0.717) is 11.4 Å². The molecule has 0 unspecified atom stereocenters. The highest BCUT2D eigenvalue weighted by Gasteiger charge is 2.13. The molecule has 0 fully saturated rings. The molecule has 0 aliphatic rings. The molecule has 0 saturated heterocycles. The molecule has 6 heteroatoms. The fraction of sp³-hybridized carbons (Fsp3) is 0.143. The van der Waals surface area contributed by atoms with Crippen LogP contribution in [-0.2, 0) is 10.0 Å². The molecular formula is C14H17N3O2S. The highest BCUT2D eigenvalue weighted by atomic mass is 32.2. The number of sulfonamides is 1. The van der Waals surface area contributed by atoms with Crippen LogP contribution in [0.5, 0.6) is 0 Å². The third-order valence-electron chi connectivity index (χ3n) is 2.83. The molecule has 0 bridgehead atoms. The van der Waals surface area contributed by atoms with Crippen molar-refractivity contribution >= 4 is 27.1 Å². The van der Waals surface area contributed by atoms with Crippen molar-refractivity contribution in [2.45, 2.75) is 4.90 Å². The summed E-state index contributed by atoms with van der Waals surface area (Å²) in [6.07, 6.45) is 0. The summed E-state index contributed by atoms with van der Waals surface area (Å²) in [6, 6.07) is 13.2. The standard InChI is InChI=1S/C14H17N3O2S/c1-17(2)13-7-5-12(6-8-13)16-20(18,19)14-9-3-11(15)4-10-14/h3-10,16H,15H2,1-2H3. The number of anilines is 3. The zero-order valence-corrected chi connectivity index (χ0v) is 12.2. The van der Waals surface area contributed by atoms with Crippen LogP contribution < -0.4 is 15.4 Å². The lowest BCUT2D eigenvalue weighted by Gasteiger charge is -2.13. The average Bonchev–Trinajstić information content (AvgIpc) is 2.39. The summed E-state index contributed by atoms with van der Waals surface area (Å²) in [7, 11) is 0.266. The van der Waals surface area contributed by atoms with Crippen molar-refractivity contribution in [1.29, 1.82) is 0 Å². The van der Waals surface area contributed by atoms with Gasteiger partial charge < -0.3 is 10.6 Å². The van der Waals surface area contributed by atoms with E-state index in [-0.39, 0.29) is 4.90 Å². The lowest BCUT2D eigenvalue weighted by molar-refractivity contribution is 0.601. The van der Waals surface area contributed by atoms with E-state index < -0.39 is 10.0 Å². The van der Waals surface area contributed by atoms with Crippen LogP contribution in [0.15, 0.2) is 53.4 Å². The number of nitrogens with one attached hydrogen (secondary N) is 1. The molecule has 20 heavy (non-hydrogen) atoms. The second-order valence-electron chi connectivity index (χ2n) is 4.62. The van der Waals surface area contributed by atoms with Gasteiger partial charge in [0.25, 0.3) is 10.0 Å². The number of rotatable bonds is 4. The molecule has 0 aromatic heterocycles. The maximum atomic E-state index is 12.2. The average molecular weight is 291 g/mol. The minimum Gasteiger partial charge on any atom is -0.399 e. The highest BCUT2D eigenvalue weighted by Crippen LogP contribution is 2.20. The molecule has 3 N–H and O–H groups in total. The highest BCUT2D eigenvalue weighted by molar-refractivity contribution is 7.92. The molecule has 5 nitrogen and oxygen atoms in total. The Labute approximate surface area is 119 Å². The second kappa shape index (κ2) is 5.42. The van der Waals surface area contributed by atoms with Crippen molar-refractivity contribution in [3.8, 4) is 0 Å². The maximum absolute atomic E-state index is 12.2. The van der Waals surface area contributed by atoms with Crippen molar-refractivity contribution in [3.63, 3.8) is 0 Å². The van der Waals surface area contributed by atoms with Crippen LogP contribution in [-0.4, -0.2) is 22.5 Å². The number of hydrogen-bond acceptors (Lipinski definition) is 4. The zero-order chi connectivity index (χ0) is 14.8. The van der Waals surface area contributed by atoms with Crippen molar-refractivity contribution in [2.24, 2.45) is 0 Å². The van der Waals surface area contributed by atoms with Crippen LogP contribution in [0.3, 0.4) is 0 Å². The summed E-state index contributed by atoms with van der Waals surface area (Å²) in [5, 5.41) is 0. The first-order valence-electron chi connectivity index (χ1n) is 6.04. The molecule has 2 aromatic rings. The van der Waals surface area contributed by atoms with E-state index in [1.165, 1.54) is 12.1 Å². The van der Waals surface area contributed by atoms with Gasteiger partial charge in [-0.25, -0.2) is 8.42 Å². The Morgan fingerprint density at radius 1 is 0.950 bits per heavy atom. The van der Waals surface area contributed by atoms with E-state index in [2.05, 4.69) is 4.72 Å². The summed E-state index contributed by atoms with van der Waals surface area (Å²) in [4.78, 5) is 2.13. The number of benzene rings is 2. The predicted molar refractivity (Wildman–Crippen MR) is 82.4 cm³/mol.